The van der Waals surface area contributed by atoms with Crippen molar-refractivity contribution in [3.8, 4) is 0 Å². The summed E-state index contributed by atoms with van der Waals surface area (Å²) in [7, 11) is 0. The van der Waals surface area contributed by atoms with E-state index in [4.69, 9.17) is 5.73 Å². The Bertz CT molecular complexity index is 126. The minimum Gasteiger partial charge on any atom is -0.322 e. The molecule has 0 atom stereocenters. The quantitative estimate of drug-likeness (QED) is 0.629. The molecule has 0 radical (unpaired) electrons. The molecule has 0 saturated heterocycles. The van der Waals surface area contributed by atoms with Crippen LogP contribution in [0, 0.1) is 11.8 Å². The topological polar surface area (TPSA) is 26.0 Å². The van der Waals surface area contributed by atoms with Crippen LogP contribution in [0.2, 0.25) is 0 Å². The number of rotatable bonds is 5. The molecule has 0 spiro atoms. The summed E-state index contributed by atoms with van der Waals surface area (Å²) in [6.07, 6.45) is 3.98. The largest absolute Gasteiger partial charge is 0.322 e. The van der Waals surface area contributed by atoms with Crippen LogP contribution in [0.1, 0.15) is 40.5 Å². The Kier molecular flexibility index (Phi) is 4.54. The zero-order valence-corrected chi connectivity index (χ0v) is 8.93. The van der Waals surface area contributed by atoms with Crippen LogP contribution in [0.3, 0.4) is 0 Å². The highest BCUT2D eigenvalue weighted by Crippen LogP contribution is 2.23. The molecule has 0 aromatic rings. The third-order valence-corrected chi connectivity index (χ3v) is 1.98. The van der Waals surface area contributed by atoms with Crippen molar-refractivity contribution in [2.24, 2.45) is 17.6 Å². The fraction of sp³-hybridized carbons (Fsp3) is 0.818. The Morgan fingerprint density at radius 2 is 1.50 bits per heavy atom. The van der Waals surface area contributed by atoms with Crippen LogP contribution >= 0.6 is 0 Å². The average molecular weight is 169 g/mol. The molecule has 0 unspecified atom stereocenters. The van der Waals surface area contributed by atoms with E-state index in [1.807, 2.05) is 6.08 Å². The molecule has 72 valence electrons. The maximum Gasteiger partial charge on any atom is 0.0341 e. The van der Waals surface area contributed by atoms with Crippen molar-refractivity contribution in [1.82, 2.24) is 0 Å². The highest BCUT2D eigenvalue weighted by molar-refractivity contribution is 5.01. The number of nitrogens with two attached hydrogens (primary N) is 1. The maximum absolute atomic E-state index is 6.18. The fourth-order valence-corrected chi connectivity index (χ4v) is 1.77. The Morgan fingerprint density at radius 1 is 1.17 bits per heavy atom. The third-order valence-electron chi connectivity index (χ3n) is 1.98. The summed E-state index contributed by atoms with van der Waals surface area (Å²) in [4.78, 5) is 0. The molecule has 0 bridgehead atoms. The van der Waals surface area contributed by atoms with E-state index in [9.17, 15) is 0 Å². The molecule has 0 aliphatic carbocycles. The van der Waals surface area contributed by atoms with E-state index in [0.29, 0.717) is 11.8 Å². The predicted octanol–water partition coefficient (Wildman–Crippen LogP) is 2.96. The van der Waals surface area contributed by atoms with Crippen molar-refractivity contribution in [3.63, 3.8) is 0 Å². The lowest BCUT2D eigenvalue weighted by Gasteiger charge is -2.29. The van der Waals surface area contributed by atoms with Crippen LogP contribution in [0.4, 0.5) is 0 Å². The van der Waals surface area contributed by atoms with Gasteiger partial charge in [-0.25, -0.2) is 0 Å². The molecule has 0 aromatic carbocycles. The predicted molar refractivity (Wildman–Crippen MR) is 56.0 cm³/mol. The van der Waals surface area contributed by atoms with Gasteiger partial charge in [-0.3, -0.25) is 0 Å². The van der Waals surface area contributed by atoms with Gasteiger partial charge in [0.25, 0.3) is 0 Å². The van der Waals surface area contributed by atoms with Crippen molar-refractivity contribution in [3.05, 3.63) is 12.7 Å². The molecule has 1 heteroatoms. The molecule has 0 fully saturated rings. The van der Waals surface area contributed by atoms with Crippen LogP contribution in [-0.2, 0) is 0 Å². The van der Waals surface area contributed by atoms with Crippen LogP contribution in [0.25, 0.3) is 0 Å². The molecule has 2 N–H and O–H groups in total. The van der Waals surface area contributed by atoms with Gasteiger partial charge in [0.05, 0.1) is 0 Å². The van der Waals surface area contributed by atoms with Gasteiger partial charge in [-0.05, 0) is 24.7 Å². The van der Waals surface area contributed by atoms with Crippen molar-refractivity contribution in [1.29, 1.82) is 0 Å². The van der Waals surface area contributed by atoms with Gasteiger partial charge in [0.15, 0.2) is 0 Å². The molecule has 0 aliphatic heterocycles. The highest BCUT2D eigenvalue weighted by atomic mass is 14.7. The summed E-state index contributed by atoms with van der Waals surface area (Å²) in [5.41, 5.74) is 6.03. The van der Waals surface area contributed by atoms with E-state index >= 15 is 0 Å². The van der Waals surface area contributed by atoms with Gasteiger partial charge in [0.2, 0.25) is 0 Å². The molecule has 12 heavy (non-hydrogen) atoms. The van der Waals surface area contributed by atoms with Gasteiger partial charge in [0, 0.05) is 5.54 Å². The van der Waals surface area contributed by atoms with Gasteiger partial charge in [-0.15, -0.1) is 6.58 Å². The SMILES string of the molecule is C=CC(N)(CC(C)C)CC(C)C. The second-order valence-electron chi connectivity index (χ2n) is 4.63. The van der Waals surface area contributed by atoms with Gasteiger partial charge >= 0.3 is 0 Å². The monoisotopic (exact) mass is 169 g/mol. The second kappa shape index (κ2) is 4.66. The van der Waals surface area contributed by atoms with E-state index in [1.165, 1.54) is 0 Å². The van der Waals surface area contributed by atoms with Crippen molar-refractivity contribution >= 4 is 0 Å². The van der Waals surface area contributed by atoms with Crippen LogP contribution in [-0.4, -0.2) is 5.54 Å². The second-order valence-corrected chi connectivity index (χ2v) is 4.63. The lowest BCUT2D eigenvalue weighted by atomic mass is 9.83. The first-order valence-electron chi connectivity index (χ1n) is 4.82. The smallest absolute Gasteiger partial charge is 0.0341 e. The molecule has 0 aromatic heterocycles. The van der Waals surface area contributed by atoms with Crippen molar-refractivity contribution < 1.29 is 0 Å². The summed E-state index contributed by atoms with van der Waals surface area (Å²) in [5.74, 6) is 1.29. The molecular formula is C11H23N. The average Bonchev–Trinajstić information content (AvgIpc) is 1.83. The molecule has 0 heterocycles. The van der Waals surface area contributed by atoms with Crippen LogP contribution in [0.15, 0.2) is 12.7 Å². The zero-order valence-electron chi connectivity index (χ0n) is 8.93. The van der Waals surface area contributed by atoms with E-state index in [-0.39, 0.29) is 5.54 Å². The highest BCUT2D eigenvalue weighted by Gasteiger charge is 2.22. The van der Waals surface area contributed by atoms with E-state index in [2.05, 4.69) is 34.3 Å². The van der Waals surface area contributed by atoms with Gasteiger partial charge in [-0.1, -0.05) is 33.8 Å². The first kappa shape index (κ1) is 11.7. The zero-order chi connectivity index (χ0) is 9.78. The lowest BCUT2D eigenvalue weighted by Crippen LogP contribution is -2.40. The summed E-state index contributed by atoms with van der Waals surface area (Å²) in [5, 5.41) is 0. The van der Waals surface area contributed by atoms with E-state index < -0.39 is 0 Å². The number of hydrogen-bond donors (Lipinski definition) is 1. The molecule has 0 amide bonds. The molecule has 0 saturated carbocycles. The fourth-order valence-electron chi connectivity index (χ4n) is 1.77. The summed E-state index contributed by atoms with van der Waals surface area (Å²) in [6.45, 7) is 12.6. The van der Waals surface area contributed by atoms with Gasteiger partial charge in [0.1, 0.15) is 0 Å². The van der Waals surface area contributed by atoms with Gasteiger partial charge < -0.3 is 5.73 Å². The third kappa shape index (κ3) is 4.55. The minimum absolute atomic E-state index is 0.150. The van der Waals surface area contributed by atoms with E-state index in [0.717, 1.165) is 12.8 Å². The van der Waals surface area contributed by atoms with Crippen molar-refractivity contribution in [2.45, 2.75) is 46.1 Å². The first-order chi connectivity index (χ1) is 5.39. The Hall–Kier alpha value is -0.300. The number of hydrogen-bond acceptors (Lipinski definition) is 1. The normalized spacial score (nSPS) is 12.6. The summed E-state index contributed by atoms with van der Waals surface area (Å²) in [6, 6.07) is 0. The Morgan fingerprint density at radius 3 is 1.67 bits per heavy atom. The lowest BCUT2D eigenvalue weighted by molar-refractivity contribution is 0.344. The summed E-state index contributed by atoms with van der Waals surface area (Å²) < 4.78 is 0. The van der Waals surface area contributed by atoms with Crippen molar-refractivity contribution in [2.75, 3.05) is 0 Å². The molecule has 0 rings (SSSR count). The Labute approximate surface area is 77.0 Å². The summed E-state index contributed by atoms with van der Waals surface area (Å²) >= 11 is 0. The van der Waals surface area contributed by atoms with Gasteiger partial charge in [-0.2, -0.15) is 0 Å². The first-order valence-corrected chi connectivity index (χ1v) is 4.82. The molecular weight excluding hydrogens is 146 g/mol. The standard InChI is InChI=1S/C11H23N/c1-6-11(12,7-9(2)3)8-10(4)5/h6,9-10H,1,7-8,12H2,2-5H3. The maximum atomic E-state index is 6.18. The molecule has 1 nitrogen and oxygen atoms in total. The molecule has 0 aliphatic rings. The van der Waals surface area contributed by atoms with E-state index in [1.54, 1.807) is 0 Å². The Balaban J connectivity index is 4.14. The minimum atomic E-state index is -0.150. The van der Waals surface area contributed by atoms with Crippen LogP contribution < -0.4 is 5.73 Å². The van der Waals surface area contributed by atoms with Crippen LogP contribution in [0.5, 0.6) is 0 Å².